The summed E-state index contributed by atoms with van der Waals surface area (Å²) in [5.41, 5.74) is 0.619. The normalized spacial score (nSPS) is 11.3. The number of Topliss-reactive ketones (excluding diaryl/α,β-unsaturated/α-hetero) is 1. The van der Waals surface area contributed by atoms with Crippen molar-refractivity contribution in [2.75, 3.05) is 17.7 Å². The number of halogens is 1. The largest absolute Gasteiger partial charge is 0.462 e. The van der Waals surface area contributed by atoms with Gasteiger partial charge in [0, 0.05) is 0 Å². The number of ether oxygens (including phenoxy) is 1. The molecule has 0 aromatic heterocycles. The van der Waals surface area contributed by atoms with E-state index in [1.165, 1.54) is 62.8 Å². The van der Waals surface area contributed by atoms with Gasteiger partial charge in [0.05, 0.1) is 34.0 Å². The number of rotatable bonds is 18. The van der Waals surface area contributed by atoms with Gasteiger partial charge in [0.1, 0.15) is 0 Å². The summed E-state index contributed by atoms with van der Waals surface area (Å²) in [5.74, 6) is -0.262. The first kappa shape index (κ1) is 30.5. The number of nitrogens with one attached hydrogen (secondary N) is 1. The Kier molecular flexibility index (Phi) is 15.2. The zero-order valence-electron chi connectivity index (χ0n) is 21.3. The van der Waals surface area contributed by atoms with Gasteiger partial charge >= 0.3 is 5.97 Å². The summed E-state index contributed by atoms with van der Waals surface area (Å²) >= 11 is 7.69. The molecule has 0 fully saturated rings. The van der Waals surface area contributed by atoms with E-state index in [-0.39, 0.29) is 12.2 Å². The van der Waals surface area contributed by atoms with Crippen LogP contribution in [0.1, 0.15) is 109 Å². The van der Waals surface area contributed by atoms with Crippen molar-refractivity contribution in [3.05, 3.63) is 28.8 Å². The molecule has 1 N–H and O–H groups in total. The molecule has 34 heavy (non-hydrogen) atoms. The number of hydrogen-bond donors (Lipinski definition) is 1. The van der Waals surface area contributed by atoms with E-state index in [2.05, 4.69) is 12.2 Å². The number of carbonyl (C=O) groups is 3. The maximum absolute atomic E-state index is 12.4. The van der Waals surface area contributed by atoms with Gasteiger partial charge in [-0.3, -0.25) is 9.59 Å². The second-order valence-electron chi connectivity index (χ2n) is 9.10. The number of unbranched alkanes of at least 4 members (excludes halogenated alkanes) is 9. The molecule has 0 aliphatic rings. The number of thioether (sulfide) groups is 1. The van der Waals surface area contributed by atoms with Crippen molar-refractivity contribution >= 4 is 46.7 Å². The summed E-state index contributed by atoms with van der Waals surface area (Å²) in [7, 11) is 0. The predicted molar refractivity (Wildman–Crippen MR) is 144 cm³/mol. The lowest BCUT2D eigenvalue weighted by Gasteiger charge is -2.21. The Morgan fingerprint density at radius 1 is 0.941 bits per heavy atom. The monoisotopic (exact) mass is 511 g/mol. The van der Waals surface area contributed by atoms with Crippen LogP contribution in [0.3, 0.4) is 0 Å². The lowest BCUT2D eigenvalue weighted by molar-refractivity contribution is -0.126. The van der Waals surface area contributed by atoms with Crippen molar-refractivity contribution in [2.45, 2.75) is 103 Å². The van der Waals surface area contributed by atoms with Crippen LogP contribution in [-0.4, -0.2) is 34.8 Å². The Labute approximate surface area is 215 Å². The summed E-state index contributed by atoms with van der Waals surface area (Å²) in [4.78, 5) is 37.2. The van der Waals surface area contributed by atoms with E-state index in [4.69, 9.17) is 16.3 Å². The third kappa shape index (κ3) is 12.3. The van der Waals surface area contributed by atoms with Crippen molar-refractivity contribution in [3.8, 4) is 0 Å². The number of hydrogen-bond acceptors (Lipinski definition) is 5. The molecular formula is C27H42ClNO4S. The summed E-state index contributed by atoms with van der Waals surface area (Å²) in [5, 5.41) is 2.95. The third-order valence-electron chi connectivity index (χ3n) is 5.71. The molecule has 1 aromatic carbocycles. The summed E-state index contributed by atoms with van der Waals surface area (Å²) < 4.78 is 4.76. The zero-order chi connectivity index (χ0) is 25.4. The van der Waals surface area contributed by atoms with E-state index in [9.17, 15) is 14.4 Å². The molecule has 0 saturated carbocycles. The minimum Gasteiger partial charge on any atom is -0.462 e. The molecule has 0 aliphatic carbocycles. The zero-order valence-corrected chi connectivity index (χ0v) is 22.9. The van der Waals surface area contributed by atoms with E-state index in [1.54, 1.807) is 12.1 Å². The second kappa shape index (κ2) is 17.0. The summed E-state index contributed by atoms with van der Waals surface area (Å²) in [6.07, 6.45) is 11.9. The molecule has 0 saturated heterocycles. The SMILES string of the molecule is CCCCCCCCCCCCOC(=O)c1ccc(Cl)c(NC(=O)CC(=O)C(C)(C)SCC)c1. The first-order chi connectivity index (χ1) is 16.2. The molecule has 0 bridgehead atoms. The molecule has 0 aliphatic heterocycles. The molecule has 7 heteroatoms. The molecule has 1 amide bonds. The molecule has 5 nitrogen and oxygen atoms in total. The van der Waals surface area contributed by atoms with Crippen LogP contribution >= 0.6 is 23.4 Å². The molecule has 0 radical (unpaired) electrons. The Morgan fingerprint density at radius 2 is 1.53 bits per heavy atom. The Hall–Kier alpha value is -1.53. The van der Waals surface area contributed by atoms with Crippen LogP contribution in [0.5, 0.6) is 0 Å². The van der Waals surface area contributed by atoms with Gasteiger partial charge in [-0.25, -0.2) is 4.79 Å². The number of ketones is 1. The average Bonchev–Trinajstić information content (AvgIpc) is 2.78. The number of anilines is 1. The van der Waals surface area contributed by atoms with Gasteiger partial charge < -0.3 is 10.1 Å². The van der Waals surface area contributed by atoms with Gasteiger partial charge in [0.2, 0.25) is 5.91 Å². The van der Waals surface area contributed by atoms with E-state index in [1.807, 2.05) is 20.8 Å². The van der Waals surface area contributed by atoms with Crippen molar-refractivity contribution in [2.24, 2.45) is 0 Å². The smallest absolute Gasteiger partial charge is 0.338 e. The summed E-state index contributed by atoms with van der Waals surface area (Å²) in [6.45, 7) is 8.21. The maximum atomic E-state index is 12.4. The van der Waals surface area contributed by atoms with Crippen molar-refractivity contribution in [1.29, 1.82) is 0 Å². The fourth-order valence-electron chi connectivity index (χ4n) is 3.58. The van der Waals surface area contributed by atoms with Crippen LogP contribution < -0.4 is 5.32 Å². The fourth-order valence-corrected chi connectivity index (χ4v) is 4.70. The average molecular weight is 512 g/mol. The van der Waals surface area contributed by atoms with Crippen LogP contribution in [-0.2, 0) is 14.3 Å². The summed E-state index contributed by atoms with van der Waals surface area (Å²) in [6, 6.07) is 4.62. The predicted octanol–water partition coefficient (Wildman–Crippen LogP) is 7.85. The van der Waals surface area contributed by atoms with Gasteiger partial charge in [0.25, 0.3) is 0 Å². The van der Waals surface area contributed by atoms with Crippen LogP contribution in [0, 0.1) is 0 Å². The Balaban J connectivity index is 2.40. The number of carbonyl (C=O) groups excluding carboxylic acids is 3. The molecule has 0 unspecified atom stereocenters. The minimum atomic E-state index is -0.629. The molecular weight excluding hydrogens is 470 g/mol. The molecule has 1 aromatic rings. The number of amides is 1. The Bertz CT molecular complexity index is 782. The molecule has 0 spiro atoms. The highest BCUT2D eigenvalue weighted by Crippen LogP contribution is 2.27. The van der Waals surface area contributed by atoms with Crippen molar-refractivity contribution in [1.82, 2.24) is 0 Å². The number of esters is 1. The number of benzene rings is 1. The fraction of sp³-hybridized carbons (Fsp3) is 0.667. The van der Waals surface area contributed by atoms with Crippen LogP contribution in [0.4, 0.5) is 5.69 Å². The van der Waals surface area contributed by atoms with E-state index in [0.717, 1.165) is 25.0 Å². The maximum Gasteiger partial charge on any atom is 0.338 e. The van der Waals surface area contributed by atoms with Crippen LogP contribution in [0.15, 0.2) is 18.2 Å². The molecule has 0 atom stereocenters. The van der Waals surface area contributed by atoms with Gasteiger partial charge in [-0.2, -0.15) is 0 Å². The lowest BCUT2D eigenvalue weighted by Crippen LogP contribution is -2.31. The van der Waals surface area contributed by atoms with Gasteiger partial charge in [-0.05, 0) is 44.2 Å². The highest BCUT2D eigenvalue weighted by molar-refractivity contribution is 8.01. The highest BCUT2D eigenvalue weighted by atomic mass is 35.5. The lowest BCUT2D eigenvalue weighted by atomic mass is 10.0. The highest BCUT2D eigenvalue weighted by Gasteiger charge is 2.29. The van der Waals surface area contributed by atoms with Gasteiger partial charge in [-0.15, -0.1) is 11.8 Å². The minimum absolute atomic E-state index is 0.153. The quantitative estimate of drug-likeness (QED) is 0.123. The second-order valence-corrected chi connectivity index (χ2v) is 11.4. The Morgan fingerprint density at radius 3 is 2.12 bits per heavy atom. The third-order valence-corrected chi connectivity index (χ3v) is 7.27. The van der Waals surface area contributed by atoms with Crippen molar-refractivity contribution in [3.63, 3.8) is 0 Å². The van der Waals surface area contributed by atoms with E-state index < -0.39 is 16.6 Å². The standard InChI is InChI=1S/C27H42ClNO4S/c1-5-7-8-9-10-11-12-13-14-15-18-33-26(32)21-16-17-22(28)23(19-21)29-25(31)20-24(30)27(3,4)34-6-2/h16-17,19H,5-15,18,20H2,1-4H3,(H,29,31). The van der Waals surface area contributed by atoms with Gasteiger partial charge in [-0.1, -0.05) is 83.2 Å². The van der Waals surface area contributed by atoms with E-state index >= 15 is 0 Å². The van der Waals surface area contributed by atoms with Crippen molar-refractivity contribution < 1.29 is 19.1 Å². The van der Waals surface area contributed by atoms with E-state index in [0.29, 0.717) is 22.9 Å². The molecule has 0 heterocycles. The van der Waals surface area contributed by atoms with Gasteiger partial charge in [0.15, 0.2) is 5.78 Å². The van der Waals surface area contributed by atoms with Crippen LogP contribution in [0.25, 0.3) is 0 Å². The molecule has 192 valence electrons. The first-order valence-electron chi connectivity index (χ1n) is 12.6. The first-order valence-corrected chi connectivity index (χ1v) is 14.0. The topological polar surface area (TPSA) is 72.5 Å². The molecule has 1 rings (SSSR count). The van der Waals surface area contributed by atoms with Crippen LogP contribution in [0.2, 0.25) is 5.02 Å².